The standard InChI is InChI=1S/C23H27NO6/c1-16(21-20(26)13-12-18(30-21)11-7-2-3-8-14-25)22(27)24-19(15-29-23(24)28)17-9-5-4-6-10-17/h4-6,9-13,16,19,21,25H,2-3,7-8,14-15H2,1H3/t16-,19+,21-/m1/s1. The monoisotopic (exact) mass is 413 g/mol. The topological polar surface area (TPSA) is 93.1 Å². The molecule has 2 amide bonds. The molecule has 2 heterocycles. The van der Waals surface area contributed by atoms with Crippen LogP contribution in [0.25, 0.3) is 0 Å². The van der Waals surface area contributed by atoms with Gasteiger partial charge in [0.05, 0.1) is 5.92 Å². The number of carbonyl (C=O) groups is 3. The number of amides is 2. The largest absolute Gasteiger partial charge is 0.482 e. The van der Waals surface area contributed by atoms with E-state index in [0.717, 1.165) is 36.1 Å². The number of ketones is 1. The maximum absolute atomic E-state index is 13.1. The first-order valence-electron chi connectivity index (χ1n) is 10.3. The molecule has 0 unspecified atom stereocenters. The zero-order valence-corrected chi connectivity index (χ0v) is 17.0. The van der Waals surface area contributed by atoms with E-state index in [1.54, 1.807) is 13.0 Å². The van der Waals surface area contributed by atoms with Gasteiger partial charge in [-0.1, -0.05) is 36.8 Å². The summed E-state index contributed by atoms with van der Waals surface area (Å²) in [5.41, 5.74) is 0.795. The third kappa shape index (κ3) is 4.97. The van der Waals surface area contributed by atoms with Gasteiger partial charge in [0.2, 0.25) is 5.91 Å². The molecule has 2 aliphatic rings. The van der Waals surface area contributed by atoms with Crippen LogP contribution in [0, 0.1) is 5.92 Å². The highest BCUT2D eigenvalue weighted by molar-refractivity contribution is 6.01. The molecule has 0 aromatic heterocycles. The van der Waals surface area contributed by atoms with Crippen LogP contribution >= 0.6 is 0 Å². The number of ether oxygens (including phenoxy) is 2. The SMILES string of the molecule is C[C@@H](C(=O)N1C(=O)OC[C@H]1c1ccccc1)[C@H]1OC(=CCCCCCO)C=CC1=O. The molecule has 7 nitrogen and oxygen atoms in total. The fourth-order valence-corrected chi connectivity index (χ4v) is 3.58. The number of rotatable bonds is 8. The van der Waals surface area contributed by atoms with Crippen molar-refractivity contribution in [1.82, 2.24) is 4.90 Å². The summed E-state index contributed by atoms with van der Waals surface area (Å²) in [4.78, 5) is 38.9. The van der Waals surface area contributed by atoms with Gasteiger partial charge in [0.1, 0.15) is 18.4 Å². The Morgan fingerprint density at radius 2 is 1.97 bits per heavy atom. The number of hydrogen-bond acceptors (Lipinski definition) is 6. The molecule has 3 rings (SSSR count). The van der Waals surface area contributed by atoms with Crippen LogP contribution in [-0.4, -0.2) is 47.1 Å². The fraction of sp³-hybridized carbons (Fsp3) is 0.435. The van der Waals surface area contributed by atoms with Crippen LogP contribution in [0.5, 0.6) is 0 Å². The molecule has 0 aliphatic carbocycles. The smallest absolute Gasteiger partial charge is 0.417 e. The molecule has 1 saturated heterocycles. The predicted molar refractivity (Wildman–Crippen MR) is 109 cm³/mol. The van der Waals surface area contributed by atoms with Crippen molar-refractivity contribution >= 4 is 17.8 Å². The number of aliphatic hydroxyl groups excluding tert-OH is 1. The van der Waals surface area contributed by atoms with Gasteiger partial charge < -0.3 is 14.6 Å². The van der Waals surface area contributed by atoms with E-state index < -0.39 is 30.1 Å². The van der Waals surface area contributed by atoms with E-state index in [-0.39, 0.29) is 19.0 Å². The highest BCUT2D eigenvalue weighted by atomic mass is 16.6. The number of imide groups is 1. The lowest BCUT2D eigenvalue weighted by Gasteiger charge is -2.29. The van der Waals surface area contributed by atoms with Gasteiger partial charge in [0.15, 0.2) is 11.9 Å². The van der Waals surface area contributed by atoms with E-state index >= 15 is 0 Å². The molecule has 1 fully saturated rings. The Labute approximate surface area is 176 Å². The van der Waals surface area contributed by atoms with Crippen molar-refractivity contribution in [2.45, 2.75) is 44.8 Å². The predicted octanol–water partition coefficient (Wildman–Crippen LogP) is 3.30. The van der Waals surface area contributed by atoms with E-state index in [2.05, 4.69) is 0 Å². The Bertz CT molecular complexity index is 831. The van der Waals surface area contributed by atoms with Crippen LogP contribution < -0.4 is 0 Å². The minimum Gasteiger partial charge on any atom is -0.482 e. The maximum atomic E-state index is 13.1. The third-order valence-corrected chi connectivity index (χ3v) is 5.30. The first-order chi connectivity index (χ1) is 14.5. The molecule has 2 aliphatic heterocycles. The Morgan fingerprint density at radius 3 is 2.70 bits per heavy atom. The molecule has 30 heavy (non-hydrogen) atoms. The summed E-state index contributed by atoms with van der Waals surface area (Å²) in [5, 5.41) is 8.83. The Kier molecular flexibility index (Phi) is 7.41. The number of cyclic esters (lactones) is 1. The van der Waals surface area contributed by atoms with Gasteiger partial charge in [-0.15, -0.1) is 0 Å². The summed E-state index contributed by atoms with van der Waals surface area (Å²) >= 11 is 0. The first-order valence-corrected chi connectivity index (χ1v) is 10.3. The van der Waals surface area contributed by atoms with Gasteiger partial charge >= 0.3 is 6.09 Å². The van der Waals surface area contributed by atoms with Crippen LogP contribution in [-0.2, 0) is 19.1 Å². The molecule has 1 N–H and O–H groups in total. The van der Waals surface area contributed by atoms with Gasteiger partial charge in [0, 0.05) is 6.61 Å². The van der Waals surface area contributed by atoms with Crippen molar-refractivity contribution < 1.29 is 29.0 Å². The van der Waals surface area contributed by atoms with Crippen molar-refractivity contribution in [2.24, 2.45) is 5.92 Å². The number of hydrogen-bond donors (Lipinski definition) is 1. The zero-order valence-electron chi connectivity index (χ0n) is 17.0. The Balaban J connectivity index is 1.69. The van der Waals surface area contributed by atoms with E-state index in [1.165, 1.54) is 6.08 Å². The lowest BCUT2D eigenvalue weighted by Crippen LogP contribution is -2.45. The molecule has 1 aromatic rings. The second-order valence-electron chi connectivity index (χ2n) is 7.45. The molecule has 0 saturated carbocycles. The van der Waals surface area contributed by atoms with Crippen molar-refractivity contribution in [2.75, 3.05) is 13.2 Å². The van der Waals surface area contributed by atoms with Crippen LogP contribution in [0.2, 0.25) is 0 Å². The molecule has 1 aromatic carbocycles. The summed E-state index contributed by atoms with van der Waals surface area (Å²) < 4.78 is 10.9. The van der Waals surface area contributed by atoms with Gasteiger partial charge in [0.25, 0.3) is 0 Å². The Morgan fingerprint density at radius 1 is 1.20 bits per heavy atom. The van der Waals surface area contributed by atoms with Crippen molar-refractivity contribution in [3.63, 3.8) is 0 Å². The molecular weight excluding hydrogens is 386 g/mol. The first kappa shape index (κ1) is 21.8. The second kappa shape index (κ2) is 10.2. The van der Waals surface area contributed by atoms with Crippen molar-refractivity contribution in [3.8, 4) is 0 Å². The maximum Gasteiger partial charge on any atom is 0.417 e. The Hall–Kier alpha value is -2.93. The molecule has 3 atom stereocenters. The highest BCUT2D eigenvalue weighted by Crippen LogP contribution is 2.31. The number of carbonyl (C=O) groups excluding carboxylic acids is 3. The lowest BCUT2D eigenvalue weighted by atomic mass is 9.95. The van der Waals surface area contributed by atoms with Crippen LogP contribution in [0.15, 0.2) is 54.3 Å². The van der Waals surface area contributed by atoms with E-state index in [9.17, 15) is 14.4 Å². The van der Waals surface area contributed by atoms with E-state index in [4.69, 9.17) is 14.6 Å². The van der Waals surface area contributed by atoms with Crippen LogP contribution in [0.4, 0.5) is 4.79 Å². The van der Waals surface area contributed by atoms with Crippen molar-refractivity contribution in [3.05, 3.63) is 59.9 Å². The summed E-state index contributed by atoms with van der Waals surface area (Å²) in [6.07, 6.45) is 6.48. The molecule has 0 radical (unpaired) electrons. The number of unbranched alkanes of at least 4 members (excludes halogenated alkanes) is 3. The highest BCUT2D eigenvalue weighted by Gasteiger charge is 2.44. The minimum absolute atomic E-state index is 0.0830. The third-order valence-electron chi connectivity index (χ3n) is 5.30. The molecule has 7 heteroatoms. The summed E-state index contributed by atoms with van der Waals surface area (Å²) in [6.45, 7) is 1.85. The fourth-order valence-electron chi connectivity index (χ4n) is 3.58. The van der Waals surface area contributed by atoms with E-state index in [1.807, 2.05) is 36.4 Å². The van der Waals surface area contributed by atoms with Crippen LogP contribution in [0.3, 0.4) is 0 Å². The number of aliphatic hydroxyl groups is 1. The normalized spacial score (nSPS) is 23.4. The van der Waals surface area contributed by atoms with Crippen molar-refractivity contribution in [1.29, 1.82) is 0 Å². The number of nitrogens with zero attached hydrogens (tertiary/aromatic N) is 1. The second-order valence-corrected chi connectivity index (χ2v) is 7.45. The van der Waals surface area contributed by atoms with Gasteiger partial charge in [-0.05, 0) is 50.0 Å². The van der Waals surface area contributed by atoms with Gasteiger partial charge in [-0.3, -0.25) is 9.59 Å². The quantitative estimate of drug-likeness (QED) is 0.658. The van der Waals surface area contributed by atoms with Crippen LogP contribution in [0.1, 0.15) is 44.2 Å². The molecule has 160 valence electrons. The van der Waals surface area contributed by atoms with Gasteiger partial charge in [-0.25, -0.2) is 9.69 Å². The molecular formula is C23H27NO6. The number of allylic oxidation sites excluding steroid dienone is 2. The van der Waals surface area contributed by atoms with Gasteiger partial charge in [-0.2, -0.15) is 0 Å². The summed E-state index contributed by atoms with van der Waals surface area (Å²) in [5.74, 6) is -1.12. The molecule has 0 spiro atoms. The average molecular weight is 413 g/mol. The lowest BCUT2D eigenvalue weighted by molar-refractivity contribution is -0.142. The summed E-state index contributed by atoms with van der Waals surface area (Å²) in [7, 11) is 0. The minimum atomic E-state index is -0.990. The number of benzene rings is 1. The summed E-state index contributed by atoms with van der Waals surface area (Å²) in [6, 6.07) is 8.67. The van der Waals surface area contributed by atoms with E-state index in [0.29, 0.717) is 5.76 Å². The zero-order chi connectivity index (χ0) is 21.5. The molecule has 0 bridgehead atoms. The average Bonchev–Trinajstić information content (AvgIpc) is 3.15.